The van der Waals surface area contributed by atoms with Gasteiger partial charge in [0.2, 0.25) is 0 Å². The fraction of sp³-hybridized carbons (Fsp3) is 0.333. The molecular weight excluding hydrogens is 423 g/mol. The minimum Gasteiger partial charge on any atom is -0.489 e. The Labute approximate surface area is 164 Å². The lowest BCUT2D eigenvalue weighted by Gasteiger charge is -2.21. The lowest BCUT2D eigenvalue weighted by Crippen LogP contribution is -2.12. The van der Waals surface area contributed by atoms with Crippen molar-refractivity contribution in [3.8, 4) is 5.75 Å². The third-order valence-corrected chi connectivity index (χ3v) is 5.12. The van der Waals surface area contributed by atoms with Gasteiger partial charge in [-0.2, -0.15) is 0 Å². The summed E-state index contributed by atoms with van der Waals surface area (Å²) in [6.07, 6.45) is 3.30. The molecule has 2 aromatic heterocycles. The molecule has 8 heteroatoms. The van der Waals surface area contributed by atoms with Crippen molar-refractivity contribution < 1.29 is 9.13 Å². The van der Waals surface area contributed by atoms with E-state index in [2.05, 4.69) is 25.9 Å². The number of nitrogen functional groups attached to an aromatic ring is 1. The SMILES string of the molecule is Cc1nc([C@@H](C)c2cc(Cl)c(F)c(Br)c2OC(C)C)n2ccnc(N)c12. The van der Waals surface area contributed by atoms with Gasteiger partial charge in [0.25, 0.3) is 0 Å². The van der Waals surface area contributed by atoms with E-state index >= 15 is 0 Å². The van der Waals surface area contributed by atoms with E-state index in [1.165, 1.54) is 0 Å². The molecule has 0 aliphatic heterocycles. The minimum atomic E-state index is -0.545. The molecule has 26 heavy (non-hydrogen) atoms. The van der Waals surface area contributed by atoms with Crippen molar-refractivity contribution in [1.82, 2.24) is 14.4 Å². The van der Waals surface area contributed by atoms with Crippen molar-refractivity contribution in [2.75, 3.05) is 5.73 Å². The van der Waals surface area contributed by atoms with Crippen molar-refractivity contribution in [2.45, 2.75) is 39.7 Å². The van der Waals surface area contributed by atoms with Crippen molar-refractivity contribution in [2.24, 2.45) is 0 Å². The van der Waals surface area contributed by atoms with Crippen molar-refractivity contribution in [3.05, 3.63) is 50.9 Å². The maximum Gasteiger partial charge on any atom is 0.159 e. The van der Waals surface area contributed by atoms with Gasteiger partial charge in [-0.1, -0.05) is 18.5 Å². The molecule has 2 N–H and O–H groups in total. The summed E-state index contributed by atoms with van der Waals surface area (Å²) in [5.41, 5.74) is 8.27. The number of nitrogens with two attached hydrogens (primary N) is 1. The fourth-order valence-corrected chi connectivity index (χ4v) is 3.85. The second-order valence-corrected chi connectivity index (χ2v) is 7.58. The van der Waals surface area contributed by atoms with E-state index in [0.717, 1.165) is 22.6 Å². The van der Waals surface area contributed by atoms with Crippen LogP contribution < -0.4 is 10.5 Å². The van der Waals surface area contributed by atoms with Gasteiger partial charge in [0.1, 0.15) is 22.9 Å². The number of ether oxygens (including phenoxy) is 1. The first-order chi connectivity index (χ1) is 12.2. The number of fused-ring (bicyclic) bond motifs is 1. The molecule has 0 saturated heterocycles. The second kappa shape index (κ2) is 7.04. The first-order valence-corrected chi connectivity index (χ1v) is 9.32. The maximum atomic E-state index is 14.3. The number of hydrogen-bond donors (Lipinski definition) is 1. The zero-order valence-electron chi connectivity index (χ0n) is 14.8. The van der Waals surface area contributed by atoms with E-state index in [0.29, 0.717) is 11.6 Å². The smallest absolute Gasteiger partial charge is 0.159 e. The Kier molecular flexibility index (Phi) is 5.12. The van der Waals surface area contributed by atoms with Crippen LogP contribution in [0.3, 0.4) is 0 Å². The Bertz CT molecular complexity index is 989. The monoisotopic (exact) mass is 440 g/mol. The van der Waals surface area contributed by atoms with Crippen LogP contribution in [0.1, 0.15) is 43.8 Å². The quantitative estimate of drug-likeness (QED) is 0.571. The van der Waals surface area contributed by atoms with Gasteiger partial charge in [0, 0.05) is 23.9 Å². The summed E-state index contributed by atoms with van der Waals surface area (Å²) < 4.78 is 22.3. The molecule has 0 aliphatic carbocycles. The average Bonchev–Trinajstić information content (AvgIpc) is 2.92. The van der Waals surface area contributed by atoms with Gasteiger partial charge in [-0.15, -0.1) is 0 Å². The van der Waals surface area contributed by atoms with Crippen molar-refractivity contribution in [1.29, 1.82) is 0 Å². The molecule has 0 amide bonds. The molecule has 3 rings (SSSR count). The molecule has 1 atom stereocenters. The van der Waals surface area contributed by atoms with Gasteiger partial charge >= 0.3 is 0 Å². The zero-order chi connectivity index (χ0) is 19.2. The Morgan fingerprint density at radius 2 is 2.04 bits per heavy atom. The largest absolute Gasteiger partial charge is 0.489 e. The first kappa shape index (κ1) is 18.9. The highest BCUT2D eigenvalue weighted by Crippen LogP contribution is 2.42. The third kappa shape index (κ3) is 3.14. The molecule has 138 valence electrons. The van der Waals surface area contributed by atoms with Gasteiger partial charge in [0.15, 0.2) is 5.82 Å². The van der Waals surface area contributed by atoms with Crippen LogP contribution >= 0.6 is 27.5 Å². The molecular formula is C18H19BrClFN4O. The lowest BCUT2D eigenvalue weighted by molar-refractivity contribution is 0.236. The van der Waals surface area contributed by atoms with Crippen LogP contribution in [0, 0.1) is 12.7 Å². The number of rotatable bonds is 4. The molecule has 0 bridgehead atoms. The van der Waals surface area contributed by atoms with Crippen molar-refractivity contribution >= 4 is 38.9 Å². The number of anilines is 1. The third-order valence-electron chi connectivity index (χ3n) is 4.14. The van der Waals surface area contributed by atoms with Crippen LogP contribution in [-0.2, 0) is 0 Å². The fourth-order valence-electron chi connectivity index (χ4n) is 2.99. The summed E-state index contributed by atoms with van der Waals surface area (Å²) >= 11 is 9.37. The van der Waals surface area contributed by atoms with Gasteiger partial charge in [-0.3, -0.25) is 4.40 Å². The summed E-state index contributed by atoms with van der Waals surface area (Å²) in [6.45, 7) is 7.61. The van der Waals surface area contributed by atoms with E-state index in [-0.39, 0.29) is 21.5 Å². The summed E-state index contributed by atoms with van der Waals surface area (Å²) in [5.74, 6) is 0.811. The average molecular weight is 442 g/mol. The summed E-state index contributed by atoms with van der Waals surface area (Å²) in [5, 5.41) is 0.0218. The molecule has 0 unspecified atom stereocenters. The number of aromatic nitrogens is 3. The molecule has 3 aromatic rings. The van der Waals surface area contributed by atoms with Gasteiger partial charge < -0.3 is 10.5 Å². The van der Waals surface area contributed by atoms with Crippen LogP contribution in [0.2, 0.25) is 5.02 Å². The zero-order valence-corrected chi connectivity index (χ0v) is 17.2. The number of aryl methyl sites for hydroxylation is 1. The molecule has 0 fully saturated rings. The van der Waals surface area contributed by atoms with Crippen LogP contribution in [-0.4, -0.2) is 20.5 Å². The lowest BCUT2D eigenvalue weighted by atomic mass is 9.99. The molecule has 0 radical (unpaired) electrons. The summed E-state index contributed by atoms with van der Waals surface area (Å²) in [4.78, 5) is 8.79. The van der Waals surface area contributed by atoms with Crippen LogP contribution in [0.25, 0.3) is 5.52 Å². The number of imidazole rings is 1. The maximum absolute atomic E-state index is 14.3. The number of benzene rings is 1. The van der Waals surface area contributed by atoms with E-state index in [9.17, 15) is 4.39 Å². The standard InChI is InChI=1S/C18H19BrClFN4O/c1-8(2)26-16-11(7-12(20)14(21)13(16)19)9(3)18-24-10(4)15-17(22)23-5-6-25(15)18/h5-9H,1-4H3,(H2,22,23)/t9-/m0/s1. The van der Waals surface area contributed by atoms with E-state index in [4.69, 9.17) is 22.1 Å². The summed E-state index contributed by atoms with van der Waals surface area (Å²) in [7, 11) is 0. The molecule has 0 aliphatic rings. The Balaban J connectivity index is 2.23. The number of nitrogens with zero attached hydrogens (tertiary/aromatic N) is 3. The first-order valence-electron chi connectivity index (χ1n) is 8.15. The summed E-state index contributed by atoms with van der Waals surface area (Å²) in [6, 6.07) is 1.59. The molecule has 0 spiro atoms. The second-order valence-electron chi connectivity index (χ2n) is 6.38. The number of hydrogen-bond acceptors (Lipinski definition) is 4. The van der Waals surface area contributed by atoms with Crippen molar-refractivity contribution in [3.63, 3.8) is 0 Å². The highest BCUT2D eigenvalue weighted by molar-refractivity contribution is 9.10. The molecule has 5 nitrogen and oxygen atoms in total. The number of halogens is 3. The van der Waals surface area contributed by atoms with Crippen LogP contribution in [0.4, 0.5) is 10.2 Å². The normalized spacial score (nSPS) is 12.8. The minimum absolute atomic E-state index is 0.0218. The highest BCUT2D eigenvalue weighted by atomic mass is 79.9. The van der Waals surface area contributed by atoms with Crippen LogP contribution in [0.5, 0.6) is 5.75 Å². The predicted molar refractivity (Wildman–Crippen MR) is 105 cm³/mol. The predicted octanol–water partition coefficient (Wildman–Crippen LogP) is 5.11. The molecule has 0 saturated carbocycles. The van der Waals surface area contributed by atoms with E-state index < -0.39 is 5.82 Å². The van der Waals surface area contributed by atoms with Gasteiger partial charge in [0.05, 0.1) is 21.3 Å². The topological polar surface area (TPSA) is 65.4 Å². The van der Waals surface area contributed by atoms with E-state index in [1.54, 1.807) is 18.5 Å². The molecule has 1 aromatic carbocycles. The van der Waals surface area contributed by atoms with Crippen LogP contribution in [0.15, 0.2) is 22.9 Å². The Hall–Kier alpha value is -1.86. The highest BCUT2D eigenvalue weighted by Gasteiger charge is 2.26. The van der Waals surface area contributed by atoms with E-state index in [1.807, 2.05) is 32.1 Å². The van der Waals surface area contributed by atoms with Gasteiger partial charge in [-0.25, -0.2) is 14.4 Å². The Morgan fingerprint density at radius 3 is 2.69 bits per heavy atom. The Morgan fingerprint density at radius 1 is 1.35 bits per heavy atom. The molecule has 2 heterocycles. The van der Waals surface area contributed by atoms with Gasteiger partial charge in [-0.05, 0) is 42.8 Å².